The zero-order chi connectivity index (χ0) is 18.0. The lowest BCUT2D eigenvalue weighted by Crippen LogP contribution is -2.22. The van der Waals surface area contributed by atoms with Crippen LogP contribution in [-0.2, 0) is 11.4 Å². The van der Waals surface area contributed by atoms with E-state index in [2.05, 4.69) is 62.8 Å². The van der Waals surface area contributed by atoms with E-state index >= 15 is 0 Å². The highest BCUT2D eigenvalue weighted by Gasteiger charge is 2.28. The SMILES string of the molecule is CN1C(=O)C(=Cc2ccc(OCc3ccc(I)cc3)c(Br)c2)SC1=S. The molecule has 1 aliphatic rings. The van der Waals surface area contributed by atoms with Crippen molar-refractivity contribution < 1.29 is 9.53 Å². The molecule has 0 unspecified atom stereocenters. The highest BCUT2D eigenvalue weighted by Crippen LogP contribution is 2.33. The molecule has 128 valence electrons. The Morgan fingerprint density at radius 2 is 2.00 bits per heavy atom. The monoisotopic (exact) mass is 545 g/mol. The summed E-state index contributed by atoms with van der Waals surface area (Å²) in [5.41, 5.74) is 2.03. The van der Waals surface area contributed by atoms with Gasteiger partial charge in [-0.1, -0.05) is 42.2 Å². The number of benzene rings is 2. The highest BCUT2D eigenvalue weighted by molar-refractivity contribution is 14.1. The fraction of sp³-hybridized carbons (Fsp3) is 0.111. The van der Waals surface area contributed by atoms with Crippen LogP contribution in [0.5, 0.6) is 5.75 Å². The molecule has 25 heavy (non-hydrogen) atoms. The van der Waals surface area contributed by atoms with Gasteiger partial charge in [-0.05, 0) is 80.0 Å². The van der Waals surface area contributed by atoms with Crippen molar-refractivity contribution in [3.05, 3.63) is 66.5 Å². The van der Waals surface area contributed by atoms with Crippen molar-refractivity contribution in [3.63, 3.8) is 0 Å². The second kappa shape index (κ2) is 8.20. The Kier molecular flexibility index (Phi) is 6.19. The number of hydrogen-bond donors (Lipinski definition) is 0. The van der Waals surface area contributed by atoms with Crippen molar-refractivity contribution in [2.75, 3.05) is 7.05 Å². The summed E-state index contributed by atoms with van der Waals surface area (Å²) in [5.74, 6) is 0.698. The molecule has 0 bridgehead atoms. The third kappa shape index (κ3) is 4.64. The maximum absolute atomic E-state index is 12.1. The van der Waals surface area contributed by atoms with Crippen molar-refractivity contribution >= 4 is 78.8 Å². The van der Waals surface area contributed by atoms with E-state index in [9.17, 15) is 4.79 Å². The van der Waals surface area contributed by atoms with E-state index in [4.69, 9.17) is 17.0 Å². The van der Waals surface area contributed by atoms with E-state index in [1.54, 1.807) is 7.05 Å². The molecule has 1 amide bonds. The van der Waals surface area contributed by atoms with E-state index in [0.29, 0.717) is 15.8 Å². The lowest BCUT2D eigenvalue weighted by atomic mass is 10.2. The summed E-state index contributed by atoms with van der Waals surface area (Å²) in [7, 11) is 1.69. The number of halogens is 2. The predicted molar refractivity (Wildman–Crippen MR) is 119 cm³/mol. The molecule has 0 radical (unpaired) electrons. The van der Waals surface area contributed by atoms with Crippen LogP contribution < -0.4 is 4.74 Å². The van der Waals surface area contributed by atoms with Crippen LogP contribution in [0.3, 0.4) is 0 Å². The van der Waals surface area contributed by atoms with Gasteiger partial charge in [0.25, 0.3) is 5.91 Å². The fourth-order valence-electron chi connectivity index (χ4n) is 2.16. The third-order valence-electron chi connectivity index (χ3n) is 3.55. The molecule has 1 aliphatic heterocycles. The third-order valence-corrected chi connectivity index (χ3v) is 6.37. The molecule has 3 rings (SSSR count). The van der Waals surface area contributed by atoms with Crippen LogP contribution in [0.1, 0.15) is 11.1 Å². The van der Waals surface area contributed by atoms with Crippen molar-refractivity contribution in [1.82, 2.24) is 4.90 Å². The van der Waals surface area contributed by atoms with Gasteiger partial charge in [-0.25, -0.2) is 0 Å². The smallest absolute Gasteiger partial charge is 0.265 e. The molecule has 1 heterocycles. The Morgan fingerprint density at radius 1 is 1.28 bits per heavy atom. The lowest BCUT2D eigenvalue weighted by molar-refractivity contribution is -0.121. The van der Waals surface area contributed by atoms with Gasteiger partial charge in [-0.2, -0.15) is 0 Å². The molecule has 7 heteroatoms. The number of thiocarbonyl (C=S) groups is 1. The minimum absolute atomic E-state index is 0.0647. The first-order valence-corrected chi connectivity index (χ1v) is 10.4. The summed E-state index contributed by atoms with van der Waals surface area (Å²) in [5, 5.41) is 0. The first-order chi connectivity index (χ1) is 11.9. The van der Waals surface area contributed by atoms with Crippen LogP contribution in [-0.4, -0.2) is 22.2 Å². The number of amides is 1. The Morgan fingerprint density at radius 3 is 2.60 bits per heavy atom. The minimum atomic E-state index is -0.0647. The first kappa shape index (κ1) is 18.9. The maximum atomic E-state index is 12.1. The average molecular weight is 546 g/mol. The van der Waals surface area contributed by atoms with Crippen molar-refractivity contribution in [3.8, 4) is 5.75 Å². The molecule has 0 saturated carbocycles. The zero-order valence-electron chi connectivity index (χ0n) is 13.2. The van der Waals surface area contributed by atoms with Gasteiger partial charge in [0.15, 0.2) is 0 Å². The van der Waals surface area contributed by atoms with E-state index < -0.39 is 0 Å². The van der Waals surface area contributed by atoms with E-state index in [0.717, 1.165) is 21.3 Å². The van der Waals surface area contributed by atoms with Crippen LogP contribution in [0.4, 0.5) is 0 Å². The number of thioether (sulfide) groups is 1. The van der Waals surface area contributed by atoms with Gasteiger partial charge in [0, 0.05) is 10.6 Å². The maximum Gasteiger partial charge on any atom is 0.265 e. The quantitative estimate of drug-likeness (QED) is 0.290. The van der Waals surface area contributed by atoms with Crippen molar-refractivity contribution in [1.29, 1.82) is 0 Å². The molecular formula is C18H13BrINO2S2. The first-order valence-electron chi connectivity index (χ1n) is 7.32. The lowest BCUT2D eigenvalue weighted by Gasteiger charge is -2.09. The van der Waals surface area contributed by atoms with Gasteiger partial charge in [0.2, 0.25) is 0 Å². The molecular weight excluding hydrogens is 533 g/mol. The Bertz CT molecular complexity index is 868. The topological polar surface area (TPSA) is 29.5 Å². The van der Waals surface area contributed by atoms with Crippen LogP contribution >= 0.6 is 62.5 Å². The predicted octanol–water partition coefficient (Wildman–Crippen LogP) is 5.46. The molecule has 0 N–H and O–H groups in total. The highest BCUT2D eigenvalue weighted by atomic mass is 127. The minimum Gasteiger partial charge on any atom is -0.488 e. The molecule has 3 nitrogen and oxygen atoms in total. The number of carbonyl (C=O) groups is 1. The molecule has 1 saturated heterocycles. The number of ether oxygens (including phenoxy) is 1. The van der Waals surface area contributed by atoms with E-state index in [1.165, 1.54) is 20.2 Å². The Hall–Kier alpha value is -0.900. The summed E-state index contributed by atoms with van der Waals surface area (Å²) >= 11 is 12.3. The van der Waals surface area contributed by atoms with Crippen molar-refractivity contribution in [2.24, 2.45) is 0 Å². The number of hydrogen-bond acceptors (Lipinski definition) is 4. The van der Waals surface area contributed by atoms with E-state index in [1.807, 2.05) is 24.3 Å². The van der Waals surface area contributed by atoms with Crippen LogP contribution in [0.2, 0.25) is 0 Å². The summed E-state index contributed by atoms with van der Waals surface area (Å²) in [6, 6.07) is 14.0. The molecule has 0 aliphatic carbocycles. The standard InChI is InChI=1S/C18H13BrINO2S2/c1-21-17(22)16(25-18(21)24)9-12-4-7-15(14(19)8-12)23-10-11-2-5-13(20)6-3-11/h2-9H,10H2,1H3. The second-order valence-electron chi connectivity index (χ2n) is 5.35. The van der Waals surface area contributed by atoms with Gasteiger partial charge >= 0.3 is 0 Å². The fourth-order valence-corrected chi connectivity index (χ4v) is 4.21. The molecule has 2 aromatic rings. The van der Waals surface area contributed by atoms with Crippen LogP contribution in [0, 0.1) is 3.57 Å². The number of nitrogens with zero attached hydrogens (tertiary/aromatic N) is 1. The zero-order valence-corrected chi connectivity index (χ0v) is 18.5. The molecule has 1 fully saturated rings. The van der Waals surface area contributed by atoms with Gasteiger partial charge < -0.3 is 4.74 Å². The summed E-state index contributed by atoms with van der Waals surface area (Å²) in [6.07, 6.45) is 1.84. The Labute approximate surface area is 178 Å². The molecule has 0 spiro atoms. The number of carbonyl (C=O) groups excluding carboxylic acids is 1. The van der Waals surface area contributed by atoms with Crippen LogP contribution in [0.25, 0.3) is 6.08 Å². The van der Waals surface area contributed by atoms with Crippen molar-refractivity contribution in [2.45, 2.75) is 6.61 Å². The van der Waals surface area contributed by atoms with E-state index in [-0.39, 0.29) is 5.91 Å². The normalized spacial score (nSPS) is 16.0. The van der Waals surface area contributed by atoms with Gasteiger partial charge in [-0.3, -0.25) is 9.69 Å². The number of rotatable bonds is 4. The molecule has 0 aromatic heterocycles. The summed E-state index contributed by atoms with van der Waals surface area (Å²) in [4.78, 5) is 14.2. The summed E-state index contributed by atoms with van der Waals surface area (Å²) in [6.45, 7) is 0.503. The molecule has 2 aromatic carbocycles. The molecule has 0 atom stereocenters. The van der Waals surface area contributed by atoms with Crippen LogP contribution in [0.15, 0.2) is 51.8 Å². The number of likely N-dealkylation sites (N-methyl/N-ethyl adjacent to an activating group) is 1. The second-order valence-corrected chi connectivity index (χ2v) is 9.12. The average Bonchev–Trinajstić information content (AvgIpc) is 2.83. The largest absolute Gasteiger partial charge is 0.488 e. The summed E-state index contributed by atoms with van der Waals surface area (Å²) < 4.78 is 8.49. The van der Waals surface area contributed by atoms with Gasteiger partial charge in [0.1, 0.15) is 16.7 Å². The van der Waals surface area contributed by atoms with Gasteiger partial charge in [-0.15, -0.1) is 0 Å². The van der Waals surface area contributed by atoms with Gasteiger partial charge in [0.05, 0.1) is 9.38 Å². The Balaban J connectivity index is 1.72.